The van der Waals surface area contributed by atoms with Gasteiger partial charge in [-0.2, -0.15) is 4.57 Å². The zero-order valence-electron chi connectivity index (χ0n) is 21.1. The van der Waals surface area contributed by atoms with Crippen LogP contribution in [0.4, 0.5) is 0 Å². The quantitative estimate of drug-likeness (QED) is 0.127. The van der Waals surface area contributed by atoms with Crippen molar-refractivity contribution in [3.8, 4) is 0 Å². The molecule has 1 aliphatic heterocycles. The number of nitrogens with zero attached hydrogens (tertiary/aromatic N) is 1. The topological polar surface area (TPSA) is 22.3 Å². The average molecular weight is 467 g/mol. The number of hydrogen-bond acceptors (Lipinski definition) is 3. The Labute approximate surface area is 203 Å². The molecule has 0 spiro atoms. The molecule has 32 heavy (non-hydrogen) atoms. The molecule has 0 amide bonds. The van der Waals surface area contributed by atoms with Gasteiger partial charge in [-0.05, 0) is 31.6 Å². The predicted molar refractivity (Wildman–Crippen MR) is 137 cm³/mol. The van der Waals surface area contributed by atoms with Crippen LogP contribution in [0.2, 0.25) is 0 Å². The van der Waals surface area contributed by atoms with Crippen LogP contribution in [-0.2, 0) is 16.0 Å². The van der Waals surface area contributed by atoms with Gasteiger partial charge in [0.15, 0.2) is 6.20 Å². The van der Waals surface area contributed by atoms with Crippen LogP contribution < -0.4 is 4.57 Å². The van der Waals surface area contributed by atoms with Gasteiger partial charge >= 0.3 is 0 Å². The van der Waals surface area contributed by atoms with Gasteiger partial charge in [-0.1, -0.05) is 102 Å². The maximum atomic E-state index is 5.98. The molecule has 3 nitrogen and oxygen atoms in total. The monoisotopic (exact) mass is 466 g/mol. The van der Waals surface area contributed by atoms with E-state index in [1.807, 2.05) is 0 Å². The summed E-state index contributed by atoms with van der Waals surface area (Å²) in [7, 11) is 0. The third kappa shape index (κ3) is 14.6. The van der Waals surface area contributed by atoms with Crippen LogP contribution in [0.15, 0.2) is 17.1 Å². The Morgan fingerprint density at radius 1 is 0.844 bits per heavy atom. The number of unbranched alkanes of at least 4 members (excludes halogenated alkanes) is 14. The summed E-state index contributed by atoms with van der Waals surface area (Å²) < 4.78 is 14.2. The standard InChI is InChI=1S/C28H52NO2S/c1-2-3-4-5-6-7-8-9-10-11-12-15-18-27-23-28(31-24-27)25-30-21-17-14-13-16-19-29-20-22-32-26-29/h20,22,26-28H,2-19,21,23-25H2,1H3/q+1/t27-,28-/m1/s1. The zero-order chi connectivity index (χ0) is 22.5. The highest BCUT2D eigenvalue weighted by Gasteiger charge is 2.24. The molecular formula is C28H52NO2S+. The highest BCUT2D eigenvalue weighted by Crippen LogP contribution is 2.25. The minimum atomic E-state index is 0.354. The summed E-state index contributed by atoms with van der Waals surface area (Å²) in [4.78, 5) is 0. The van der Waals surface area contributed by atoms with E-state index in [1.165, 1.54) is 116 Å². The second kappa shape index (κ2) is 20.0. The molecule has 1 fully saturated rings. The smallest absolute Gasteiger partial charge is 0.224 e. The molecule has 0 aliphatic carbocycles. The van der Waals surface area contributed by atoms with E-state index in [1.54, 1.807) is 11.3 Å². The first-order valence-corrected chi connectivity index (χ1v) is 14.9. The number of aromatic nitrogens is 1. The third-order valence-electron chi connectivity index (χ3n) is 6.92. The molecule has 2 heterocycles. The van der Waals surface area contributed by atoms with Crippen molar-refractivity contribution in [1.82, 2.24) is 0 Å². The van der Waals surface area contributed by atoms with Crippen LogP contribution in [0.1, 0.15) is 122 Å². The van der Waals surface area contributed by atoms with E-state index in [0.717, 1.165) is 32.3 Å². The summed E-state index contributed by atoms with van der Waals surface area (Å²) in [5.74, 6) is 0.779. The minimum Gasteiger partial charge on any atom is -0.379 e. The molecule has 0 unspecified atom stereocenters. The Bertz CT molecular complexity index is 508. The van der Waals surface area contributed by atoms with Crippen LogP contribution in [-0.4, -0.2) is 25.9 Å². The van der Waals surface area contributed by atoms with E-state index >= 15 is 0 Å². The molecule has 1 aliphatic rings. The van der Waals surface area contributed by atoms with Gasteiger partial charge in [0.05, 0.1) is 18.1 Å². The summed E-state index contributed by atoms with van der Waals surface area (Å²) in [6.07, 6.45) is 27.3. The van der Waals surface area contributed by atoms with Gasteiger partial charge in [0.2, 0.25) is 5.51 Å². The molecule has 4 heteroatoms. The summed E-state index contributed by atoms with van der Waals surface area (Å²) in [5, 5.41) is 2.14. The lowest BCUT2D eigenvalue weighted by Crippen LogP contribution is -2.29. The van der Waals surface area contributed by atoms with E-state index in [0.29, 0.717) is 6.10 Å². The lowest BCUT2D eigenvalue weighted by Gasteiger charge is -2.10. The lowest BCUT2D eigenvalue weighted by molar-refractivity contribution is -0.692. The maximum absolute atomic E-state index is 5.98. The van der Waals surface area contributed by atoms with Gasteiger partial charge in [-0.15, -0.1) is 0 Å². The molecule has 0 saturated carbocycles. The van der Waals surface area contributed by atoms with Gasteiger partial charge in [-0.3, -0.25) is 0 Å². The Morgan fingerprint density at radius 3 is 2.19 bits per heavy atom. The maximum Gasteiger partial charge on any atom is 0.224 e. The van der Waals surface area contributed by atoms with Gasteiger partial charge in [0.1, 0.15) is 6.54 Å². The van der Waals surface area contributed by atoms with E-state index in [2.05, 4.69) is 28.6 Å². The summed E-state index contributed by atoms with van der Waals surface area (Å²) >= 11 is 1.77. The van der Waals surface area contributed by atoms with Gasteiger partial charge in [-0.25, -0.2) is 0 Å². The summed E-state index contributed by atoms with van der Waals surface area (Å²) in [6, 6.07) is 0. The number of hydrogen-bond donors (Lipinski definition) is 0. The molecule has 1 saturated heterocycles. The Balaban J connectivity index is 1.28. The molecule has 186 valence electrons. The Morgan fingerprint density at radius 2 is 1.50 bits per heavy atom. The normalized spacial score (nSPS) is 18.5. The minimum absolute atomic E-state index is 0.354. The van der Waals surface area contributed by atoms with Crippen molar-refractivity contribution in [1.29, 1.82) is 0 Å². The fraction of sp³-hybridized carbons (Fsp3) is 0.893. The summed E-state index contributed by atoms with van der Waals surface area (Å²) in [6.45, 7) is 6.12. The number of aryl methyl sites for hydroxylation is 1. The molecule has 2 rings (SSSR count). The van der Waals surface area contributed by atoms with E-state index in [-0.39, 0.29) is 0 Å². The molecule has 0 radical (unpaired) electrons. The van der Waals surface area contributed by atoms with Crippen molar-refractivity contribution in [2.24, 2.45) is 5.92 Å². The Hall–Kier alpha value is -0.450. The van der Waals surface area contributed by atoms with Gasteiger partial charge in [0.25, 0.3) is 0 Å². The molecular weight excluding hydrogens is 414 g/mol. The fourth-order valence-corrected chi connectivity index (χ4v) is 5.46. The highest BCUT2D eigenvalue weighted by atomic mass is 32.1. The fourth-order valence-electron chi connectivity index (χ4n) is 4.83. The second-order valence-electron chi connectivity index (χ2n) is 9.99. The van der Waals surface area contributed by atoms with Crippen molar-refractivity contribution in [2.75, 3.05) is 19.8 Å². The van der Waals surface area contributed by atoms with Crippen LogP contribution in [0, 0.1) is 5.92 Å². The molecule has 1 aromatic heterocycles. The number of ether oxygens (including phenoxy) is 2. The van der Waals surface area contributed by atoms with Gasteiger partial charge in [0, 0.05) is 19.6 Å². The number of thiazole rings is 1. The molecule has 0 bridgehead atoms. The lowest BCUT2D eigenvalue weighted by atomic mass is 9.97. The van der Waals surface area contributed by atoms with Gasteiger partial charge < -0.3 is 9.47 Å². The molecule has 2 atom stereocenters. The van der Waals surface area contributed by atoms with Crippen molar-refractivity contribution in [3.63, 3.8) is 0 Å². The van der Waals surface area contributed by atoms with Crippen molar-refractivity contribution < 1.29 is 14.0 Å². The van der Waals surface area contributed by atoms with Crippen LogP contribution in [0.3, 0.4) is 0 Å². The Kier molecular flexibility index (Phi) is 17.3. The SMILES string of the molecule is CCCCCCCCCCCCCC[C@H]1CO[C@@H](COCCCCCC[n+]2ccsc2)C1. The van der Waals surface area contributed by atoms with Crippen molar-refractivity contribution in [3.05, 3.63) is 17.1 Å². The molecule has 1 aromatic rings. The van der Waals surface area contributed by atoms with E-state index < -0.39 is 0 Å². The van der Waals surface area contributed by atoms with Crippen molar-refractivity contribution in [2.45, 2.75) is 135 Å². The first kappa shape index (κ1) is 27.8. The highest BCUT2D eigenvalue weighted by molar-refractivity contribution is 7.07. The molecule has 0 aromatic carbocycles. The van der Waals surface area contributed by atoms with Crippen LogP contribution in [0.25, 0.3) is 0 Å². The number of rotatable bonds is 22. The van der Waals surface area contributed by atoms with Crippen LogP contribution in [0.5, 0.6) is 0 Å². The molecule has 0 N–H and O–H groups in total. The average Bonchev–Trinajstić information content (AvgIpc) is 3.48. The first-order chi connectivity index (χ1) is 15.9. The predicted octanol–water partition coefficient (Wildman–Crippen LogP) is 8.11. The van der Waals surface area contributed by atoms with Crippen LogP contribution >= 0.6 is 11.3 Å². The first-order valence-electron chi connectivity index (χ1n) is 14.0. The van der Waals surface area contributed by atoms with E-state index in [9.17, 15) is 0 Å². The third-order valence-corrected chi connectivity index (χ3v) is 7.59. The van der Waals surface area contributed by atoms with Crippen molar-refractivity contribution >= 4 is 11.3 Å². The zero-order valence-corrected chi connectivity index (χ0v) is 21.9. The largest absolute Gasteiger partial charge is 0.379 e. The second-order valence-corrected chi connectivity index (χ2v) is 10.7. The van der Waals surface area contributed by atoms with E-state index in [4.69, 9.17) is 9.47 Å². The summed E-state index contributed by atoms with van der Waals surface area (Å²) in [5.41, 5.74) is 2.19.